The maximum Gasteiger partial charge on any atom is 0 e. The molecule has 13 heteroatoms. The van der Waals surface area contributed by atoms with Crippen molar-refractivity contribution in [3.8, 4) is 0 Å². The molecule has 72 valence electrons. The normalized spacial score (nSPS) is 7.00. The van der Waals surface area contributed by atoms with Crippen molar-refractivity contribution in [2.45, 2.75) is 0 Å². The van der Waals surface area contributed by atoms with E-state index in [0.717, 1.165) is 0 Å². The average molecular weight is 403 g/mol. The van der Waals surface area contributed by atoms with Gasteiger partial charge in [-0.2, -0.15) is 0 Å². The van der Waals surface area contributed by atoms with Crippen LogP contribution in [0.4, 0.5) is 0 Å². The maximum absolute atomic E-state index is 9.38. The third-order valence-electron chi connectivity index (χ3n) is 0.197. The van der Waals surface area contributed by atoms with Gasteiger partial charge in [-0.1, -0.05) is 0 Å². The third-order valence-corrected chi connectivity index (χ3v) is 1.77. The van der Waals surface area contributed by atoms with Gasteiger partial charge in [0.15, 0.2) is 17.4 Å². The van der Waals surface area contributed by atoms with Gasteiger partial charge in [-0.3, -0.25) is 0 Å². The monoisotopic (exact) mass is 402 g/mol. The predicted octanol–water partition coefficient (Wildman–Crippen LogP) is -5.34. The van der Waals surface area contributed by atoms with Gasteiger partial charge in [0.25, 0.3) is 0 Å². The second-order valence-electron chi connectivity index (χ2n) is 0.889. The summed E-state index contributed by atoms with van der Waals surface area (Å²) in [5, 5.41) is 0. The summed E-state index contributed by atoms with van der Waals surface area (Å²) in [6.07, 6.45) is 0. The van der Waals surface area contributed by atoms with E-state index in [9.17, 15) is 9.13 Å². The van der Waals surface area contributed by atoms with Gasteiger partial charge in [-0.05, 0) is 0 Å². The molecule has 0 aliphatic heterocycles. The SMILES string of the molecule is O.O=P(=O)O[Si](O)(O)O.[AlH3].[CaH2].[SrH2].[Zn]. The van der Waals surface area contributed by atoms with E-state index in [1.807, 2.05) is 0 Å². The van der Waals surface area contributed by atoms with Crippen molar-refractivity contribution in [2.24, 2.45) is 0 Å². The second kappa shape index (κ2) is 18.2. The number of rotatable bonds is 2. The van der Waals surface area contributed by atoms with E-state index in [1.165, 1.54) is 0 Å². The maximum atomic E-state index is 9.38. The smallest absolute Gasteiger partial charge is 0 e. The molecule has 0 aromatic carbocycles. The summed E-state index contributed by atoms with van der Waals surface area (Å²) < 4.78 is 22.0. The van der Waals surface area contributed by atoms with Crippen LogP contribution in [0.25, 0.3) is 0 Å². The minimum Gasteiger partial charge on any atom is 0 e. The van der Waals surface area contributed by atoms with Crippen molar-refractivity contribution in [1.82, 2.24) is 0 Å². The van der Waals surface area contributed by atoms with Crippen molar-refractivity contribution in [1.29, 1.82) is 0 Å². The summed E-state index contributed by atoms with van der Waals surface area (Å²) in [5.74, 6) is 0. The first-order valence-corrected chi connectivity index (χ1v) is 4.27. The van der Waals surface area contributed by atoms with Crippen LogP contribution in [0, 0.1) is 0 Å². The molecule has 0 bridgehead atoms. The minimum absolute atomic E-state index is 0. The van der Waals surface area contributed by atoms with Crippen molar-refractivity contribution in [3.05, 3.63) is 0 Å². The van der Waals surface area contributed by atoms with Gasteiger partial charge in [-0.25, -0.2) is 13.3 Å². The molecule has 13 heavy (non-hydrogen) atoms. The van der Waals surface area contributed by atoms with Crippen molar-refractivity contribution in [3.63, 3.8) is 0 Å². The summed E-state index contributed by atoms with van der Waals surface area (Å²) in [6, 6.07) is 0. The van der Waals surface area contributed by atoms with Crippen LogP contribution in [0.2, 0.25) is 0 Å². The fourth-order valence-corrected chi connectivity index (χ4v) is 0.900. The first-order valence-electron chi connectivity index (χ1n) is 1.42. The van der Waals surface area contributed by atoms with Gasteiger partial charge in [0.2, 0.25) is 0 Å². The van der Waals surface area contributed by atoms with Crippen LogP contribution in [0.1, 0.15) is 0 Å². The molecular formula is H12AlCaO7PSiSrZn. The van der Waals surface area contributed by atoms with Crippen LogP contribution >= 0.6 is 7.91 Å². The molecule has 0 aliphatic rings. The predicted molar refractivity (Wildman–Crippen MR) is 52.4 cm³/mol. The summed E-state index contributed by atoms with van der Waals surface area (Å²) in [7, 11) is -8.19. The van der Waals surface area contributed by atoms with Crippen LogP contribution in [0.5, 0.6) is 0 Å². The van der Waals surface area contributed by atoms with Crippen LogP contribution in [-0.4, -0.2) is 129 Å². The molecule has 0 atom stereocenters. The topological polar surface area (TPSA) is 136 Å². The Kier molecular flexibility index (Phi) is 50.3. The van der Waals surface area contributed by atoms with Gasteiger partial charge in [0.1, 0.15) is 0 Å². The number of hydrogen-bond acceptors (Lipinski definition) is 6. The van der Waals surface area contributed by atoms with Crippen molar-refractivity contribution in [2.75, 3.05) is 0 Å². The second-order valence-corrected chi connectivity index (χ2v) is 3.21. The Morgan fingerprint density at radius 1 is 1.15 bits per heavy atom. The van der Waals surface area contributed by atoms with E-state index < -0.39 is 17.0 Å². The standard InChI is InChI=1S/Al.Ca.H3O6PSi.H2O.Sr.Zn.7H/c;;1-7(2)6-8(3,4)5;;;;;;;;;;/h;;3-5H;1H2;;;;;;;;;. The molecule has 0 heterocycles. The summed E-state index contributed by atoms with van der Waals surface area (Å²) in [6.45, 7) is 0. The molecule has 0 aliphatic carbocycles. The zero-order valence-electron chi connectivity index (χ0n) is 4.72. The molecule has 0 aromatic rings. The molecule has 0 rings (SSSR count). The summed E-state index contributed by atoms with van der Waals surface area (Å²) in [4.78, 5) is 23.5. The first-order chi connectivity index (χ1) is 3.42. The molecule has 0 unspecified atom stereocenters. The van der Waals surface area contributed by atoms with E-state index in [0.29, 0.717) is 0 Å². The zero-order chi connectivity index (χ0) is 6.78. The van der Waals surface area contributed by atoms with E-state index in [1.54, 1.807) is 0 Å². The quantitative estimate of drug-likeness (QED) is 0.311. The van der Waals surface area contributed by atoms with E-state index >= 15 is 0 Å². The number of hydrogen-bond donors (Lipinski definition) is 3. The Hall–Kier alpha value is 3.81. The zero-order valence-corrected chi connectivity index (χ0v) is 9.58. The molecule has 0 saturated heterocycles. The molecular weight excluding hydrogens is 391 g/mol. The fourth-order valence-electron chi connectivity index (χ4n) is 0.100. The Morgan fingerprint density at radius 2 is 1.38 bits per heavy atom. The molecule has 0 fully saturated rings. The minimum atomic E-state index is -4.82. The molecule has 0 saturated carbocycles. The Balaban J connectivity index is -0.0000000245. The molecule has 0 aromatic heterocycles. The van der Waals surface area contributed by atoms with Crippen LogP contribution in [0.3, 0.4) is 0 Å². The van der Waals surface area contributed by atoms with E-state index in [2.05, 4.69) is 4.21 Å². The van der Waals surface area contributed by atoms with Crippen LogP contribution in [-0.2, 0) is 32.8 Å². The molecule has 0 amide bonds. The average Bonchev–Trinajstić information content (AvgIpc) is 1.21. The fraction of sp³-hybridized carbons (Fsp3) is 0. The first kappa shape index (κ1) is 36.0. The summed E-state index contributed by atoms with van der Waals surface area (Å²) >= 11 is 0. The third kappa shape index (κ3) is 38.8. The van der Waals surface area contributed by atoms with E-state index in [-0.39, 0.29) is 126 Å². The van der Waals surface area contributed by atoms with Crippen molar-refractivity contribution >= 4 is 118 Å². The molecule has 5 N–H and O–H groups in total. The molecule has 0 radical (unpaired) electrons. The Labute approximate surface area is 166 Å². The largest absolute Gasteiger partial charge is 0 e. The Morgan fingerprint density at radius 3 is 1.38 bits per heavy atom. The molecule has 7 nitrogen and oxygen atoms in total. The summed E-state index contributed by atoms with van der Waals surface area (Å²) in [5.41, 5.74) is 0. The van der Waals surface area contributed by atoms with Gasteiger partial charge in [0.05, 0.1) is 0 Å². The van der Waals surface area contributed by atoms with Gasteiger partial charge in [-0.15, -0.1) is 0 Å². The van der Waals surface area contributed by atoms with Crippen LogP contribution < -0.4 is 0 Å². The van der Waals surface area contributed by atoms with Gasteiger partial charge >= 0.3 is 100 Å². The van der Waals surface area contributed by atoms with Crippen molar-refractivity contribution < 1.29 is 52.7 Å². The Bertz CT molecular complexity index is 140. The molecule has 0 spiro atoms. The van der Waals surface area contributed by atoms with Crippen LogP contribution in [0.15, 0.2) is 0 Å². The van der Waals surface area contributed by atoms with E-state index in [4.69, 9.17) is 14.4 Å². The van der Waals surface area contributed by atoms with Gasteiger partial charge < -0.3 is 19.9 Å². The van der Waals surface area contributed by atoms with Gasteiger partial charge in [0, 0.05) is 19.5 Å².